The summed E-state index contributed by atoms with van der Waals surface area (Å²) in [6.45, 7) is 5.93. The molecule has 0 N–H and O–H groups in total. The summed E-state index contributed by atoms with van der Waals surface area (Å²) in [7, 11) is 1.87. The molecule has 1 atom stereocenters. The van der Waals surface area contributed by atoms with Gasteiger partial charge in [0, 0.05) is 33.6 Å². The summed E-state index contributed by atoms with van der Waals surface area (Å²) in [4.78, 5) is 27.1. The zero-order valence-electron chi connectivity index (χ0n) is 11.2. The average Bonchev–Trinajstić information content (AvgIpc) is 2.35. The molecule has 1 aliphatic rings. The minimum atomic E-state index is 0.00880. The highest BCUT2D eigenvalue weighted by Crippen LogP contribution is 2.18. The van der Waals surface area contributed by atoms with E-state index >= 15 is 0 Å². The third-order valence-electron chi connectivity index (χ3n) is 3.44. The maximum Gasteiger partial charge on any atom is 0.227 e. The smallest absolute Gasteiger partial charge is 0.227 e. The maximum absolute atomic E-state index is 12.2. The third kappa shape index (κ3) is 4.02. The second-order valence-corrected chi connectivity index (χ2v) is 4.92. The summed E-state index contributed by atoms with van der Waals surface area (Å²) < 4.78 is 0. The third-order valence-corrected chi connectivity index (χ3v) is 3.44. The largest absolute Gasteiger partial charge is 0.345 e. The highest BCUT2D eigenvalue weighted by Gasteiger charge is 2.28. The van der Waals surface area contributed by atoms with Crippen LogP contribution in [0.15, 0.2) is 0 Å². The molecule has 4 heteroatoms. The van der Waals surface area contributed by atoms with E-state index in [0.29, 0.717) is 6.54 Å². The summed E-state index contributed by atoms with van der Waals surface area (Å²) in [5, 5.41) is 0. The van der Waals surface area contributed by atoms with Crippen LogP contribution in [0.4, 0.5) is 0 Å². The van der Waals surface area contributed by atoms with Crippen molar-refractivity contribution in [1.29, 1.82) is 0 Å². The number of likely N-dealkylation sites (tertiary alicyclic amines) is 1. The fourth-order valence-corrected chi connectivity index (χ4v) is 2.28. The van der Waals surface area contributed by atoms with Crippen LogP contribution in [0.1, 0.15) is 39.5 Å². The number of carbonyl (C=O) groups is 2. The van der Waals surface area contributed by atoms with Gasteiger partial charge in [0.1, 0.15) is 0 Å². The van der Waals surface area contributed by atoms with Crippen LogP contribution in [0.2, 0.25) is 0 Å². The lowest BCUT2D eigenvalue weighted by molar-refractivity contribution is -0.139. The van der Waals surface area contributed by atoms with E-state index in [1.807, 2.05) is 11.9 Å². The first-order valence-electron chi connectivity index (χ1n) is 6.56. The molecule has 0 bridgehead atoms. The van der Waals surface area contributed by atoms with Crippen LogP contribution < -0.4 is 0 Å². The van der Waals surface area contributed by atoms with E-state index in [1.54, 1.807) is 11.8 Å². The molecule has 0 radical (unpaired) electrons. The van der Waals surface area contributed by atoms with Gasteiger partial charge >= 0.3 is 0 Å². The minimum absolute atomic E-state index is 0.00880. The number of nitrogens with zero attached hydrogens (tertiary/aromatic N) is 2. The van der Waals surface area contributed by atoms with Gasteiger partial charge in [0.2, 0.25) is 11.8 Å². The average molecular weight is 240 g/mol. The first-order valence-corrected chi connectivity index (χ1v) is 6.56. The predicted octanol–water partition coefficient (Wildman–Crippen LogP) is 1.50. The lowest BCUT2D eigenvalue weighted by Crippen LogP contribution is -2.45. The standard InChI is InChI=1S/C13H24N2O2/c1-4-5-8-14(3)13(17)12-7-6-9-15(10-12)11(2)16/h12H,4-10H2,1-3H3. The summed E-state index contributed by atoms with van der Waals surface area (Å²) >= 11 is 0. The van der Waals surface area contributed by atoms with Crippen molar-refractivity contribution >= 4 is 11.8 Å². The van der Waals surface area contributed by atoms with Crippen LogP contribution in [0.5, 0.6) is 0 Å². The Labute approximate surface area is 104 Å². The van der Waals surface area contributed by atoms with Gasteiger partial charge in [-0.2, -0.15) is 0 Å². The van der Waals surface area contributed by atoms with Crippen molar-refractivity contribution in [3.05, 3.63) is 0 Å². The molecule has 17 heavy (non-hydrogen) atoms. The predicted molar refractivity (Wildman–Crippen MR) is 67.5 cm³/mol. The van der Waals surface area contributed by atoms with Gasteiger partial charge < -0.3 is 9.80 Å². The van der Waals surface area contributed by atoms with E-state index in [2.05, 4.69) is 6.92 Å². The van der Waals surface area contributed by atoms with Gasteiger partial charge in [-0.25, -0.2) is 0 Å². The number of unbranched alkanes of at least 4 members (excludes halogenated alkanes) is 1. The summed E-state index contributed by atoms with van der Waals surface area (Å²) in [6.07, 6.45) is 4.00. The van der Waals surface area contributed by atoms with Crippen molar-refractivity contribution in [1.82, 2.24) is 9.80 Å². The number of hydrogen-bond acceptors (Lipinski definition) is 2. The van der Waals surface area contributed by atoms with E-state index in [-0.39, 0.29) is 17.7 Å². The highest BCUT2D eigenvalue weighted by molar-refractivity contribution is 5.80. The Morgan fingerprint density at radius 3 is 2.71 bits per heavy atom. The van der Waals surface area contributed by atoms with Crippen molar-refractivity contribution in [2.75, 3.05) is 26.7 Å². The number of carbonyl (C=O) groups excluding carboxylic acids is 2. The van der Waals surface area contributed by atoms with Crippen LogP contribution in [0, 0.1) is 5.92 Å². The molecule has 0 aromatic heterocycles. The molecular formula is C13H24N2O2. The molecule has 1 unspecified atom stereocenters. The Morgan fingerprint density at radius 2 is 2.12 bits per heavy atom. The van der Waals surface area contributed by atoms with E-state index in [0.717, 1.165) is 38.8 Å². The van der Waals surface area contributed by atoms with Crippen molar-refractivity contribution in [2.45, 2.75) is 39.5 Å². The van der Waals surface area contributed by atoms with Gasteiger partial charge in [-0.15, -0.1) is 0 Å². The zero-order chi connectivity index (χ0) is 12.8. The summed E-state index contributed by atoms with van der Waals surface area (Å²) in [5.41, 5.74) is 0. The molecule has 1 rings (SSSR count). The van der Waals surface area contributed by atoms with Gasteiger partial charge in [-0.1, -0.05) is 13.3 Å². The van der Waals surface area contributed by atoms with Crippen LogP contribution in [-0.2, 0) is 9.59 Å². The summed E-state index contributed by atoms with van der Waals surface area (Å²) in [5.74, 6) is 0.289. The molecule has 0 saturated carbocycles. The van der Waals surface area contributed by atoms with E-state index in [9.17, 15) is 9.59 Å². The first kappa shape index (κ1) is 14.0. The monoisotopic (exact) mass is 240 g/mol. The molecule has 2 amide bonds. The van der Waals surface area contributed by atoms with Gasteiger partial charge in [-0.05, 0) is 19.3 Å². The molecular weight excluding hydrogens is 216 g/mol. The number of rotatable bonds is 4. The van der Waals surface area contributed by atoms with E-state index < -0.39 is 0 Å². The topological polar surface area (TPSA) is 40.6 Å². The van der Waals surface area contributed by atoms with E-state index in [4.69, 9.17) is 0 Å². The van der Waals surface area contributed by atoms with Crippen LogP contribution in [0.25, 0.3) is 0 Å². The van der Waals surface area contributed by atoms with Crippen molar-refractivity contribution in [3.8, 4) is 0 Å². The van der Waals surface area contributed by atoms with Gasteiger partial charge in [-0.3, -0.25) is 9.59 Å². The second-order valence-electron chi connectivity index (χ2n) is 4.92. The Morgan fingerprint density at radius 1 is 1.41 bits per heavy atom. The Balaban J connectivity index is 2.48. The van der Waals surface area contributed by atoms with Crippen molar-refractivity contribution < 1.29 is 9.59 Å². The normalized spacial score (nSPS) is 20.2. The fraction of sp³-hybridized carbons (Fsp3) is 0.846. The van der Waals surface area contributed by atoms with Gasteiger partial charge in [0.05, 0.1) is 5.92 Å². The molecule has 1 fully saturated rings. The van der Waals surface area contributed by atoms with Crippen LogP contribution in [-0.4, -0.2) is 48.3 Å². The molecule has 0 aliphatic carbocycles. The molecule has 1 heterocycles. The SMILES string of the molecule is CCCCN(C)C(=O)C1CCCN(C(C)=O)C1. The van der Waals surface area contributed by atoms with Gasteiger partial charge in [0.25, 0.3) is 0 Å². The van der Waals surface area contributed by atoms with Crippen LogP contribution >= 0.6 is 0 Å². The maximum atomic E-state index is 12.2. The minimum Gasteiger partial charge on any atom is -0.345 e. The summed E-state index contributed by atoms with van der Waals surface area (Å²) in [6, 6.07) is 0. The Hall–Kier alpha value is -1.06. The molecule has 98 valence electrons. The molecule has 4 nitrogen and oxygen atoms in total. The van der Waals surface area contributed by atoms with Gasteiger partial charge in [0.15, 0.2) is 0 Å². The Kier molecular flexibility index (Phi) is 5.45. The first-order chi connectivity index (χ1) is 8.06. The second kappa shape index (κ2) is 6.62. The number of hydrogen-bond donors (Lipinski definition) is 0. The van der Waals surface area contributed by atoms with Crippen LogP contribution in [0.3, 0.4) is 0 Å². The number of piperidine rings is 1. The molecule has 0 aromatic rings. The molecule has 0 aromatic carbocycles. The number of amides is 2. The lowest BCUT2D eigenvalue weighted by atomic mass is 9.96. The Bertz CT molecular complexity index is 279. The zero-order valence-corrected chi connectivity index (χ0v) is 11.2. The van der Waals surface area contributed by atoms with Crippen molar-refractivity contribution in [3.63, 3.8) is 0 Å². The van der Waals surface area contributed by atoms with E-state index in [1.165, 1.54) is 0 Å². The van der Waals surface area contributed by atoms with Crippen molar-refractivity contribution in [2.24, 2.45) is 5.92 Å². The molecule has 1 aliphatic heterocycles. The quantitative estimate of drug-likeness (QED) is 0.747. The lowest BCUT2D eigenvalue weighted by Gasteiger charge is -2.33. The fourth-order valence-electron chi connectivity index (χ4n) is 2.28. The molecule has 0 spiro atoms. The molecule has 1 saturated heterocycles. The highest BCUT2D eigenvalue weighted by atomic mass is 16.2.